The number of aryl methyl sites for hydroxylation is 1. The minimum Gasteiger partial charge on any atom is -0.491 e. The van der Waals surface area contributed by atoms with Gasteiger partial charge in [-0.05, 0) is 63.2 Å². The van der Waals surface area contributed by atoms with Gasteiger partial charge in [0.2, 0.25) is 0 Å². The zero-order valence-corrected chi connectivity index (χ0v) is 21.8. The molecule has 38 heavy (non-hydrogen) atoms. The van der Waals surface area contributed by atoms with E-state index in [0.717, 1.165) is 74.8 Å². The SMILES string of the molecule is Cc1ccc(-c2nccc3[nH]c(-c4n[nH]c5cnc(-c6cncc(OCCN7CCCC7)c6)cc45)nc23)s1. The maximum Gasteiger partial charge on any atom is 0.159 e. The Hall–Kier alpha value is -4.15. The largest absolute Gasteiger partial charge is 0.491 e. The van der Waals surface area contributed by atoms with E-state index in [9.17, 15) is 0 Å². The molecule has 1 saturated heterocycles. The van der Waals surface area contributed by atoms with E-state index in [-0.39, 0.29) is 0 Å². The molecule has 0 aromatic carbocycles. The van der Waals surface area contributed by atoms with Crippen LogP contribution in [0.1, 0.15) is 17.7 Å². The third-order valence-corrected chi connectivity index (χ3v) is 7.94. The van der Waals surface area contributed by atoms with Crippen LogP contribution >= 0.6 is 11.3 Å². The summed E-state index contributed by atoms with van der Waals surface area (Å²) in [6, 6.07) is 10.2. The van der Waals surface area contributed by atoms with E-state index in [1.54, 1.807) is 23.7 Å². The molecule has 0 unspecified atom stereocenters. The molecule has 1 aliphatic rings. The zero-order valence-electron chi connectivity index (χ0n) is 20.9. The summed E-state index contributed by atoms with van der Waals surface area (Å²) in [6.45, 7) is 6.01. The van der Waals surface area contributed by atoms with Gasteiger partial charge in [-0.1, -0.05) is 0 Å². The second-order valence-electron chi connectivity index (χ2n) is 9.55. The molecule has 9 nitrogen and oxygen atoms in total. The highest BCUT2D eigenvalue weighted by Crippen LogP contribution is 2.34. The Labute approximate surface area is 223 Å². The molecule has 0 aliphatic carbocycles. The van der Waals surface area contributed by atoms with Crippen molar-refractivity contribution in [3.63, 3.8) is 0 Å². The van der Waals surface area contributed by atoms with Crippen LogP contribution in [0.3, 0.4) is 0 Å². The first kappa shape index (κ1) is 23.0. The molecule has 0 spiro atoms. The number of nitrogens with zero attached hydrogens (tertiary/aromatic N) is 6. The van der Waals surface area contributed by atoms with Crippen molar-refractivity contribution in [2.45, 2.75) is 19.8 Å². The number of hydrogen-bond donors (Lipinski definition) is 2. The summed E-state index contributed by atoms with van der Waals surface area (Å²) in [6.07, 6.45) is 9.73. The molecule has 0 bridgehead atoms. The van der Waals surface area contributed by atoms with Gasteiger partial charge in [0, 0.05) is 34.8 Å². The first-order valence-electron chi connectivity index (χ1n) is 12.8. The van der Waals surface area contributed by atoms with E-state index in [4.69, 9.17) is 9.72 Å². The van der Waals surface area contributed by atoms with Crippen LogP contribution in [-0.4, -0.2) is 66.3 Å². The third kappa shape index (κ3) is 4.31. The van der Waals surface area contributed by atoms with Gasteiger partial charge in [0.05, 0.1) is 34.0 Å². The van der Waals surface area contributed by atoms with Gasteiger partial charge in [-0.15, -0.1) is 11.3 Å². The number of H-pyrrole nitrogens is 2. The molecule has 6 aromatic rings. The highest BCUT2D eigenvalue weighted by atomic mass is 32.1. The molecule has 1 fully saturated rings. The number of ether oxygens (including phenoxy) is 1. The normalized spacial score (nSPS) is 14.1. The standard InChI is InChI=1S/C28H26N8OS/c1-17-4-5-24(38-17)27-26-21(6-7-30-27)32-28(33-26)25-20-13-22(31-16-23(20)34-35-25)18-12-19(15-29-14-18)37-11-10-36-8-2-3-9-36/h4-7,12-16H,2-3,8-11H2,1H3,(H,32,33)(H,34,35). The van der Waals surface area contributed by atoms with Crippen LogP contribution < -0.4 is 4.74 Å². The van der Waals surface area contributed by atoms with Crippen molar-refractivity contribution in [3.05, 3.63) is 60.0 Å². The molecular formula is C28H26N8OS. The fraction of sp³-hybridized carbons (Fsp3) is 0.250. The maximum atomic E-state index is 6.01. The number of imidazole rings is 1. The Bertz CT molecular complexity index is 1750. The van der Waals surface area contributed by atoms with E-state index in [1.165, 1.54) is 17.7 Å². The highest BCUT2D eigenvalue weighted by molar-refractivity contribution is 7.15. The predicted octanol–water partition coefficient (Wildman–Crippen LogP) is 5.47. The van der Waals surface area contributed by atoms with Gasteiger partial charge in [0.15, 0.2) is 5.82 Å². The molecular weight excluding hydrogens is 496 g/mol. The number of hydrogen-bond acceptors (Lipinski definition) is 8. The molecule has 0 saturated carbocycles. The second kappa shape index (κ2) is 9.62. The monoisotopic (exact) mass is 522 g/mol. The number of nitrogens with one attached hydrogen (secondary N) is 2. The van der Waals surface area contributed by atoms with Crippen LogP contribution in [-0.2, 0) is 0 Å². The summed E-state index contributed by atoms with van der Waals surface area (Å²) in [4.78, 5) is 26.8. The number of rotatable bonds is 7. The molecule has 1 aliphatic heterocycles. The van der Waals surface area contributed by atoms with Gasteiger partial charge in [-0.2, -0.15) is 5.10 Å². The van der Waals surface area contributed by atoms with Crippen LogP contribution in [0.2, 0.25) is 0 Å². The number of thiophene rings is 1. The van der Waals surface area contributed by atoms with E-state index in [0.29, 0.717) is 12.4 Å². The lowest BCUT2D eigenvalue weighted by molar-refractivity contribution is 0.237. The summed E-state index contributed by atoms with van der Waals surface area (Å²) in [5, 5.41) is 8.60. The molecule has 2 N–H and O–H groups in total. The minimum atomic E-state index is 0.650. The summed E-state index contributed by atoms with van der Waals surface area (Å²) in [7, 11) is 0. The Balaban J connectivity index is 1.20. The first-order chi connectivity index (χ1) is 18.7. The van der Waals surface area contributed by atoms with Crippen molar-refractivity contribution >= 4 is 33.3 Å². The van der Waals surface area contributed by atoms with Gasteiger partial charge in [0.1, 0.15) is 29.3 Å². The number of pyridine rings is 3. The van der Waals surface area contributed by atoms with Gasteiger partial charge < -0.3 is 9.72 Å². The molecule has 0 atom stereocenters. The molecule has 6 aromatic heterocycles. The fourth-order valence-electron chi connectivity index (χ4n) is 4.98. The summed E-state index contributed by atoms with van der Waals surface area (Å²) >= 11 is 1.71. The second-order valence-corrected chi connectivity index (χ2v) is 10.8. The number of aromatic amines is 2. The molecule has 0 amide bonds. The van der Waals surface area contributed by atoms with E-state index >= 15 is 0 Å². The predicted molar refractivity (Wildman–Crippen MR) is 149 cm³/mol. The third-order valence-electron chi connectivity index (χ3n) is 6.93. The van der Waals surface area contributed by atoms with Crippen molar-refractivity contribution in [2.24, 2.45) is 0 Å². The molecule has 190 valence electrons. The Morgan fingerprint density at radius 2 is 1.92 bits per heavy atom. The minimum absolute atomic E-state index is 0.650. The Kier molecular flexibility index (Phi) is 5.82. The van der Waals surface area contributed by atoms with Gasteiger partial charge in [-0.3, -0.25) is 25.0 Å². The van der Waals surface area contributed by atoms with Gasteiger partial charge in [0.25, 0.3) is 0 Å². The molecule has 7 heterocycles. The number of likely N-dealkylation sites (tertiary alicyclic amines) is 1. The highest BCUT2D eigenvalue weighted by Gasteiger charge is 2.18. The van der Waals surface area contributed by atoms with Crippen LogP contribution in [0.4, 0.5) is 0 Å². The van der Waals surface area contributed by atoms with E-state index in [2.05, 4.69) is 54.1 Å². The topological polar surface area (TPSA) is 108 Å². The lowest BCUT2D eigenvalue weighted by Crippen LogP contribution is -2.25. The van der Waals surface area contributed by atoms with E-state index in [1.807, 2.05) is 30.6 Å². The lowest BCUT2D eigenvalue weighted by atomic mass is 10.1. The fourth-order valence-corrected chi connectivity index (χ4v) is 5.85. The average Bonchev–Trinajstić information content (AvgIpc) is 3.74. The van der Waals surface area contributed by atoms with E-state index < -0.39 is 0 Å². The smallest absolute Gasteiger partial charge is 0.159 e. The Morgan fingerprint density at radius 3 is 2.79 bits per heavy atom. The number of aromatic nitrogens is 7. The lowest BCUT2D eigenvalue weighted by Gasteiger charge is -2.15. The van der Waals surface area contributed by atoms with Crippen LogP contribution in [0.15, 0.2) is 55.1 Å². The van der Waals surface area contributed by atoms with Crippen molar-refractivity contribution in [1.82, 2.24) is 40.0 Å². The Morgan fingerprint density at radius 1 is 1.00 bits per heavy atom. The number of fused-ring (bicyclic) bond motifs is 2. The van der Waals surface area contributed by atoms with Crippen LogP contribution in [0, 0.1) is 6.92 Å². The average molecular weight is 523 g/mol. The molecule has 0 radical (unpaired) electrons. The quantitative estimate of drug-likeness (QED) is 0.286. The van der Waals surface area contributed by atoms with Crippen molar-refractivity contribution in [1.29, 1.82) is 0 Å². The summed E-state index contributed by atoms with van der Waals surface area (Å²) < 4.78 is 6.01. The summed E-state index contributed by atoms with van der Waals surface area (Å²) in [5.41, 5.74) is 5.88. The van der Waals surface area contributed by atoms with Crippen molar-refractivity contribution in [3.8, 4) is 39.1 Å². The maximum absolute atomic E-state index is 6.01. The first-order valence-corrected chi connectivity index (χ1v) is 13.6. The van der Waals surface area contributed by atoms with Gasteiger partial charge >= 0.3 is 0 Å². The molecule has 7 rings (SSSR count). The van der Waals surface area contributed by atoms with Crippen LogP contribution in [0.25, 0.3) is 55.3 Å². The van der Waals surface area contributed by atoms with Crippen LogP contribution in [0.5, 0.6) is 5.75 Å². The zero-order chi connectivity index (χ0) is 25.5. The van der Waals surface area contributed by atoms with Crippen molar-refractivity contribution in [2.75, 3.05) is 26.2 Å². The molecule has 10 heteroatoms. The van der Waals surface area contributed by atoms with Crippen molar-refractivity contribution < 1.29 is 4.74 Å². The summed E-state index contributed by atoms with van der Waals surface area (Å²) in [5.74, 6) is 1.43. The van der Waals surface area contributed by atoms with Gasteiger partial charge in [-0.25, -0.2) is 4.98 Å².